The predicted molar refractivity (Wildman–Crippen MR) is 82.9 cm³/mol. The van der Waals surface area contributed by atoms with Gasteiger partial charge in [-0.25, -0.2) is 8.42 Å². The molecule has 0 fully saturated rings. The number of amides is 1. The molecule has 0 saturated heterocycles. The van der Waals surface area contributed by atoms with Crippen molar-refractivity contribution in [3.63, 3.8) is 0 Å². The number of rotatable bonds is 7. The van der Waals surface area contributed by atoms with Crippen LogP contribution < -0.4 is 5.32 Å². The molecule has 5 nitrogen and oxygen atoms in total. The molecule has 0 heterocycles. The normalized spacial score (nSPS) is 12.2. The molecular formula is C15H23NO4S. The highest BCUT2D eigenvalue weighted by atomic mass is 32.2. The van der Waals surface area contributed by atoms with Crippen molar-refractivity contribution in [2.75, 3.05) is 12.9 Å². The van der Waals surface area contributed by atoms with Crippen LogP contribution in [0.25, 0.3) is 0 Å². The van der Waals surface area contributed by atoms with E-state index in [4.69, 9.17) is 0 Å². The zero-order chi connectivity index (χ0) is 16.1. The summed E-state index contributed by atoms with van der Waals surface area (Å²) >= 11 is 0. The number of aliphatic hydroxyl groups excluding tert-OH is 1. The summed E-state index contributed by atoms with van der Waals surface area (Å²) in [5.74, 6) is -0.307. The number of hydrogen-bond acceptors (Lipinski definition) is 4. The Balaban J connectivity index is 2.84. The Morgan fingerprint density at radius 2 is 1.71 bits per heavy atom. The minimum absolute atomic E-state index is 0.0423. The molecule has 0 spiro atoms. The standard InChI is InChI=1S/C15H23NO4S/c1-4-15(5-2,11-17)16-14(18)13-8-6-12(7-9-13)10-21(3,19)20/h6-9,17H,4-5,10-11H2,1-3H3,(H,16,18). The summed E-state index contributed by atoms with van der Waals surface area (Å²) in [6, 6.07) is 6.47. The monoisotopic (exact) mass is 313 g/mol. The molecule has 6 heteroatoms. The second kappa shape index (κ2) is 7.04. The third-order valence-electron chi connectivity index (χ3n) is 3.68. The fraction of sp³-hybridized carbons (Fsp3) is 0.533. The number of hydrogen-bond donors (Lipinski definition) is 2. The largest absolute Gasteiger partial charge is 0.394 e. The van der Waals surface area contributed by atoms with Gasteiger partial charge in [-0.05, 0) is 30.5 Å². The molecule has 0 saturated carbocycles. The average molecular weight is 313 g/mol. The van der Waals surface area contributed by atoms with Crippen molar-refractivity contribution in [3.05, 3.63) is 35.4 Å². The highest BCUT2D eigenvalue weighted by molar-refractivity contribution is 7.89. The minimum atomic E-state index is -3.08. The number of benzene rings is 1. The molecule has 0 aliphatic heterocycles. The second-order valence-electron chi connectivity index (χ2n) is 5.37. The lowest BCUT2D eigenvalue weighted by Gasteiger charge is -2.30. The first-order chi connectivity index (χ1) is 9.75. The van der Waals surface area contributed by atoms with Gasteiger partial charge in [0.25, 0.3) is 5.91 Å². The summed E-state index contributed by atoms with van der Waals surface area (Å²) in [7, 11) is -3.08. The lowest BCUT2D eigenvalue weighted by atomic mass is 9.93. The topological polar surface area (TPSA) is 83.5 Å². The van der Waals surface area contributed by atoms with E-state index in [-0.39, 0.29) is 18.3 Å². The van der Waals surface area contributed by atoms with Gasteiger partial charge in [-0.2, -0.15) is 0 Å². The van der Waals surface area contributed by atoms with E-state index in [2.05, 4.69) is 5.32 Å². The van der Waals surface area contributed by atoms with Crippen LogP contribution in [0.1, 0.15) is 42.6 Å². The summed E-state index contributed by atoms with van der Waals surface area (Å²) in [5.41, 5.74) is 0.489. The summed E-state index contributed by atoms with van der Waals surface area (Å²) in [6.07, 6.45) is 2.45. The fourth-order valence-electron chi connectivity index (χ4n) is 2.06. The van der Waals surface area contributed by atoms with Crippen LogP contribution in [-0.4, -0.2) is 37.8 Å². The Kier molecular flexibility index (Phi) is 5.92. The van der Waals surface area contributed by atoms with Crippen LogP contribution in [0, 0.1) is 0 Å². The van der Waals surface area contributed by atoms with Gasteiger partial charge >= 0.3 is 0 Å². The fourth-order valence-corrected chi connectivity index (χ4v) is 2.86. The molecule has 21 heavy (non-hydrogen) atoms. The zero-order valence-corrected chi connectivity index (χ0v) is 13.5. The summed E-state index contributed by atoms with van der Waals surface area (Å²) in [5, 5.41) is 12.3. The maximum atomic E-state index is 12.2. The van der Waals surface area contributed by atoms with Crippen molar-refractivity contribution in [1.82, 2.24) is 5.32 Å². The van der Waals surface area contributed by atoms with Crippen LogP contribution in [0.3, 0.4) is 0 Å². The molecule has 0 aromatic heterocycles. The van der Waals surface area contributed by atoms with Gasteiger partial charge in [0.05, 0.1) is 17.9 Å². The maximum absolute atomic E-state index is 12.2. The van der Waals surface area contributed by atoms with Gasteiger partial charge in [0.1, 0.15) is 0 Å². The van der Waals surface area contributed by atoms with Gasteiger partial charge in [0.15, 0.2) is 9.84 Å². The molecule has 0 radical (unpaired) electrons. The van der Waals surface area contributed by atoms with Crippen LogP contribution in [0.2, 0.25) is 0 Å². The third kappa shape index (κ3) is 5.13. The third-order valence-corrected chi connectivity index (χ3v) is 4.54. The molecule has 0 bridgehead atoms. The smallest absolute Gasteiger partial charge is 0.251 e. The number of carbonyl (C=O) groups is 1. The van der Waals surface area contributed by atoms with Crippen molar-refractivity contribution < 1.29 is 18.3 Å². The minimum Gasteiger partial charge on any atom is -0.394 e. The van der Waals surface area contributed by atoms with Crippen molar-refractivity contribution in [1.29, 1.82) is 0 Å². The molecule has 2 N–H and O–H groups in total. The molecule has 1 aromatic carbocycles. The molecule has 0 unspecified atom stereocenters. The lowest BCUT2D eigenvalue weighted by Crippen LogP contribution is -2.50. The van der Waals surface area contributed by atoms with Crippen molar-refractivity contribution in [2.45, 2.75) is 38.0 Å². The van der Waals surface area contributed by atoms with E-state index in [1.54, 1.807) is 24.3 Å². The molecule has 1 amide bonds. The Morgan fingerprint density at radius 3 is 2.10 bits per heavy atom. The van der Waals surface area contributed by atoms with Crippen LogP contribution >= 0.6 is 0 Å². The Morgan fingerprint density at radius 1 is 1.19 bits per heavy atom. The van der Waals surface area contributed by atoms with Crippen molar-refractivity contribution in [2.24, 2.45) is 0 Å². The second-order valence-corrected chi connectivity index (χ2v) is 7.51. The first-order valence-corrected chi connectivity index (χ1v) is 9.01. The summed E-state index contributed by atoms with van der Waals surface area (Å²) in [4.78, 5) is 12.2. The van der Waals surface area contributed by atoms with E-state index in [0.717, 1.165) is 0 Å². The van der Waals surface area contributed by atoms with E-state index in [0.29, 0.717) is 24.0 Å². The molecule has 0 atom stereocenters. The molecule has 1 rings (SSSR count). The predicted octanol–water partition coefficient (Wildman–Crippen LogP) is 1.51. The number of aliphatic hydroxyl groups is 1. The molecule has 0 aliphatic carbocycles. The Bertz CT molecular complexity index is 566. The van der Waals surface area contributed by atoms with Crippen molar-refractivity contribution in [3.8, 4) is 0 Å². The molecule has 1 aromatic rings. The van der Waals surface area contributed by atoms with E-state index in [9.17, 15) is 18.3 Å². The number of nitrogens with one attached hydrogen (secondary N) is 1. The zero-order valence-electron chi connectivity index (χ0n) is 12.7. The van der Waals surface area contributed by atoms with Crippen LogP contribution in [-0.2, 0) is 15.6 Å². The van der Waals surface area contributed by atoms with Gasteiger partial charge in [0, 0.05) is 11.8 Å². The van der Waals surface area contributed by atoms with Crippen LogP contribution in [0.15, 0.2) is 24.3 Å². The van der Waals surface area contributed by atoms with E-state index in [1.807, 2.05) is 13.8 Å². The van der Waals surface area contributed by atoms with Gasteiger partial charge in [-0.1, -0.05) is 26.0 Å². The van der Waals surface area contributed by atoms with E-state index in [1.165, 1.54) is 6.26 Å². The Labute approximate surface area is 126 Å². The van der Waals surface area contributed by atoms with Crippen LogP contribution in [0.4, 0.5) is 0 Å². The first kappa shape index (κ1) is 17.7. The first-order valence-electron chi connectivity index (χ1n) is 6.95. The van der Waals surface area contributed by atoms with Gasteiger partial charge in [-0.15, -0.1) is 0 Å². The van der Waals surface area contributed by atoms with Gasteiger partial charge in [-0.3, -0.25) is 4.79 Å². The highest BCUT2D eigenvalue weighted by Crippen LogP contribution is 2.16. The SMILES string of the molecule is CCC(CC)(CO)NC(=O)c1ccc(CS(C)(=O)=O)cc1. The Hall–Kier alpha value is -1.40. The van der Waals surface area contributed by atoms with Gasteiger partial charge in [0.2, 0.25) is 0 Å². The number of sulfone groups is 1. The molecule has 0 aliphatic rings. The van der Waals surface area contributed by atoms with E-state index < -0.39 is 15.4 Å². The molecular weight excluding hydrogens is 290 g/mol. The average Bonchev–Trinajstić information content (AvgIpc) is 2.44. The summed E-state index contributed by atoms with van der Waals surface area (Å²) < 4.78 is 22.4. The maximum Gasteiger partial charge on any atom is 0.251 e. The van der Waals surface area contributed by atoms with Gasteiger partial charge < -0.3 is 10.4 Å². The summed E-state index contributed by atoms with van der Waals surface area (Å²) in [6.45, 7) is 3.71. The highest BCUT2D eigenvalue weighted by Gasteiger charge is 2.27. The van der Waals surface area contributed by atoms with Crippen LogP contribution in [0.5, 0.6) is 0 Å². The lowest BCUT2D eigenvalue weighted by molar-refractivity contribution is 0.0818. The van der Waals surface area contributed by atoms with E-state index >= 15 is 0 Å². The molecule has 118 valence electrons. The quantitative estimate of drug-likeness (QED) is 0.799. The van der Waals surface area contributed by atoms with Crippen molar-refractivity contribution >= 4 is 15.7 Å². The number of carbonyl (C=O) groups excluding carboxylic acids is 1.